The number of hydrogen-bond acceptors (Lipinski definition) is 5. The Kier molecular flexibility index (Phi) is 12.0. The van der Waals surface area contributed by atoms with Crippen molar-refractivity contribution in [2.24, 2.45) is 5.92 Å². The van der Waals surface area contributed by atoms with Crippen LogP contribution in [0.15, 0.2) is 36.5 Å². The minimum absolute atomic E-state index is 0. The van der Waals surface area contributed by atoms with E-state index in [0.717, 1.165) is 32.1 Å². The number of ketones is 1. The van der Waals surface area contributed by atoms with Gasteiger partial charge in [-0.25, -0.2) is 4.98 Å². The molecule has 0 unspecified atom stereocenters. The van der Waals surface area contributed by atoms with Crippen molar-refractivity contribution in [3.8, 4) is 0 Å². The second-order valence-corrected chi connectivity index (χ2v) is 10.1. The molecule has 2 heterocycles. The van der Waals surface area contributed by atoms with Crippen LogP contribution >= 0.6 is 36.4 Å². The number of hydrogen-bond donors (Lipinski definition) is 2. The molecule has 6 nitrogen and oxygen atoms in total. The zero-order valence-corrected chi connectivity index (χ0v) is 23.0. The van der Waals surface area contributed by atoms with Crippen molar-refractivity contribution < 1.29 is 14.7 Å². The molecule has 198 valence electrons. The summed E-state index contributed by atoms with van der Waals surface area (Å²) in [6.07, 6.45) is 7.27. The van der Waals surface area contributed by atoms with E-state index in [-0.39, 0.29) is 49.0 Å². The maximum absolute atomic E-state index is 12.8. The molecular weight excluding hydrogens is 521 g/mol. The number of fused-ring (bicyclic) bond motifs is 1. The van der Waals surface area contributed by atoms with Crippen LogP contribution in [0.5, 0.6) is 0 Å². The van der Waals surface area contributed by atoms with E-state index in [4.69, 9.17) is 11.6 Å². The number of carbonyl (C=O) groups is 2. The second kappa shape index (κ2) is 14.2. The van der Waals surface area contributed by atoms with E-state index in [1.165, 1.54) is 11.1 Å². The van der Waals surface area contributed by atoms with Crippen molar-refractivity contribution in [3.05, 3.63) is 58.2 Å². The zero-order valence-electron chi connectivity index (χ0n) is 20.6. The number of anilines is 1. The molecule has 1 aliphatic heterocycles. The normalized spacial score (nSPS) is 16.5. The summed E-state index contributed by atoms with van der Waals surface area (Å²) in [5, 5.41) is 14.2. The molecule has 1 aromatic carbocycles. The number of nitrogens with zero attached hydrogens (tertiary/aromatic N) is 2. The van der Waals surface area contributed by atoms with Crippen LogP contribution in [-0.2, 0) is 17.6 Å². The lowest BCUT2D eigenvalue weighted by Gasteiger charge is -2.32. The van der Waals surface area contributed by atoms with E-state index in [9.17, 15) is 14.7 Å². The number of pyridine rings is 1. The Morgan fingerprint density at radius 3 is 2.36 bits per heavy atom. The monoisotopic (exact) mass is 555 g/mol. The van der Waals surface area contributed by atoms with Crippen molar-refractivity contribution in [3.63, 3.8) is 0 Å². The highest BCUT2D eigenvalue weighted by Gasteiger charge is 2.24. The maximum Gasteiger partial charge on any atom is 0.219 e. The third-order valence-corrected chi connectivity index (χ3v) is 7.60. The van der Waals surface area contributed by atoms with Gasteiger partial charge in [0.15, 0.2) is 5.78 Å². The number of nitrogens with one attached hydrogen (secondary N) is 1. The van der Waals surface area contributed by atoms with Gasteiger partial charge in [-0.2, -0.15) is 0 Å². The first-order valence-corrected chi connectivity index (χ1v) is 12.7. The highest BCUT2D eigenvalue weighted by Crippen LogP contribution is 2.31. The minimum atomic E-state index is -0.489. The van der Waals surface area contributed by atoms with E-state index < -0.39 is 6.10 Å². The van der Waals surface area contributed by atoms with Crippen LogP contribution in [0.2, 0.25) is 5.02 Å². The smallest absolute Gasteiger partial charge is 0.219 e. The molecule has 2 aromatic rings. The molecule has 2 aliphatic rings. The Bertz CT molecular complexity index is 1000. The summed E-state index contributed by atoms with van der Waals surface area (Å²) in [7, 11) is 0. The highest BCUT2D eigenvalue weighted by atomic mass is 35.5. The molecule has 0 bridgehead atoms. The van der Waals surface area contributed by atoms with Crippen LogP contribution in [0.3, 0.4) is 0 Å². The van der Waals surface area contributed by atoms with Crippen molar-refractivity contribution in [1.82, 2.24) is 9.88 Å². The number of halogens is 3. The quantitative estimate of drug-likeness (QED) is 0.398. The van der Waals surface area contributed by atoms with E-state index in [1.807, 2.05) is 4.90 Å². The molecule has 0 radical (unpaired) electrons. The fourth-order valence-corrected chi connectivity index (χ4v) is 5.42. The number of aliphatic hydroxyl groups excluding tert-OH is 1. The summed E-state index contributed by atoms with van der Waals surface area (Å²) in [5.74, 6) is 1.11. The molecular formula is C27H36Cl3N3O3. The minimum Gasteiger partial charge on any atom is -0.393 e. The van der Waals surface area contributed by atoms with E-state index >= 15 is 0 Å². The van der Waals surface area contributed by atoms with Gasteiger partial charge in [0, 0.05) is 44.2 Å². The molecule has 9 heteroatoms. The van der Waals surface area contributed by atoms with Gasteiger partial charge >= 0.3 is 0 Å². The first kappa shape index (κ1) is 30.4. The molecule has 1 amide bonds. The first-order chi connectivity index (χ1) is 16.4. The van der Waals surface area contributed by atoms with Gasteiger partial charge in [0.1, 0.15) is 5.82 Å². The van der Waals surface area contributed by atoms with Crippen molar-refractivity contribution in [1.29, 1.82) is 0 Å². The molecule has 1 saturated heterocycles. The van der Waals surface area contributed by atoms with Gasteiger partial charge in [0.05, 0.1) is 11.1 Å². The Labute approximate surface area is 231 Å². The van der Waals surface area contributed by atoms with Crippen LogP contribution in [0, 0.1) is 5.92 Å². The standard InChI is InChI=1S/C27H34ClN3O3.2ClH/c1-18(32)31-14-11-22(12-15-31)30-27-26(28)24(10-13-29-27)25(34)9-8-23(33)7-6-19-16-20-4-2-3-5-21(20)17-19;;/h2-5,10,13,19,22-23,33H,6-9,11-12,14-17H2,1H3,(H,29,30);2*1H/t23-;;/m0../s1. The number of benzene rings is 1. The molecule has 4 rings (SSSR count). The van der Waals surface area contributed by atoms with E-state index in [1.54, 1.807) is 19.2 Å². The number of carbonyl (C=O) groups excluding carboxylic acids is 2. The van der Waals surface area contributed by atoms with Gasteiger partial charge in [0.25, 0.3) is 0 Å². The SMILES string of the molecule is CC(=O)N1CCC(Nc2nccc(C(=O)CC[C@@H](O)CCC3Cc4ccccc4C3)c2Cl)CC1.Cl.Cl. The fourth-order valence-electron chi connectivity index (χ4n) is 5.15. The van der Waals surface area contributed by atoms with Gasteiger partial charge in [-0.3, -0.25) is 9.59 Å². The zero-order chi connectivity index (χ0) is 24.1. The van der Waals surface area contributed by atoms with Crippen LogP contribution < -0.4 is 5.32 Å². The van der Waals surface area contributed by atoms with Crippen LogP contribution in [0.4, 0.5) is 5.82 Å². The third kappa shape index (κ3) is 7.82. The first-order valence-electron chi connectivity index (χ1n) is 12.3. The molecule has 1 atom stereocenters. The summed E-state index contributed by atoms with van der Waals surface area (Å²) in [5.41, 5.74) is 3.30. The molecule has 1 aromatic heterocycles. The van der Waals surface area contributed by atoms with Gasteiger partial charge in [-0.15, -0.1) is 24.8 Å². The van der Waals surface area contributed by atoms with Gasteiger partial charge < -0.3 is 15.3 Å². The van der Waals surface area contributed by atoms with Crippen molar-refractivity contribution in [2.45, 2.75) is 70.4 Å². The third-order valence-electron chi connectivity index (χ3n) is 7.22. The lowest BCUT2D eigenvalue weighted by atomic mass is 9.95. The predicted octanol–water partition coefficient (Wildman–Crippen LogP) is 5.52. The number of rotatable bonds is 9. The molecule has 2 N–H and O–H groups in total. The van der Waals surface area contributed by atoms with Gasteiger partial charge in [-0.05, 0) is 68.1 Å². The highest BCUT2D eigenvalue weighted by molar-refractivity contribution is 6.36. The van der Waals surface area contributed by atoms with Crippen LogP contribution in [-0.4, -0.2) is 51.9 Å². The molecule has 0 saturated carbocycles. The van der Waals surface area contributed by atoms with Gasteiger partial charge in [-0.1, -0.05) is 35.9 Å². The Morgan fingerprint density at radius 1 is 1.11 bits per heavy atom. The van der Waals surface area contributed by atoms with Crippen molar-refractivity contribution in [2.75, 3.05) is 18.4 Å². The second-order valence-electron chi connectivity index (χ2n) is 9.68. The largest absolute Gasteiger partial charge is 0.393 e. The number of aromatic nitrogens is 1. The summed E-state index contributed by atoms with van der Waals surface area (Å²) in [6.45, 7) is 2.99. The number of amides is 1. The van der Waals surface area contributed by atoms with Crippen LogP contribution in [0.1, 0.15) is 66.9 Å². The summed E-state index contributed by atoms with van der Waals surface area (Å²) in [6, 6.07) is 10.4. The summed E-state index contributed by atoms with van der Waals surface area (Å²) >= 11 is 6.54. The van der Waals surface area contributed by atoms with Crippen molar-refractivity contribution >= 4 is 53.9 Å². The number of piperidine rings is 1. The summed E-state index contributed by atoms with van der Waals surface area (Å²) in [4.78, 5) is 30.5. The summed E-state index contributed by atoms with van der Waals surface area (Å²) < 4.78 is 0. The predicted molar refractivity (Wildman–Crippen MR) is 149 cm³/mol. The van der Waals surface area contributed by atoms with Gasteiger partial charge in [0.2, 0.25) is 5.91 Å². The van der Waals surface area contributed by atoms with Crippen LogP contribution in [0.25, 0.3) is 0 Å². The molecule has 0 spiro atoms. The van der Waals surface area contributed by atoms with E-state index in [2.05, 4.69) is 34.6 Å². The lowest BCUT2D eigenvalue weighted by Crippen LogP contribution is -2.41. The Balaban J connectivity index is 0.00000228. The lowest BCUT2D eigenvalue weighted by molar-refractivity contribution is -0.129. The Hall–Kier alpha value is -1.86. The Morgan fingerprint density at radius 2 is 1.75 bits per heavy atom. The average Bonchev–Trinajstić information content (AvgIpc) is 3.26. The molecule has 1 fully saturated rings. The fraction of sp³-hybridized carbons (Fsp3) is 0.519. The number of Topliss-reactive ketones (excluding diaryl/α,β-unsaturated/α-hetero) is 1. The maximum atomic E-state index is 12.8. The topological polar surface area (TPSA) is 82.5 Å². The average molecular weight is 557 g/mol. The van der Waals surface area contributed by atoms with E-state index in [0.29, 0.717) is 48.3 Å². The number of likely N-dealkylation sites (tertiary alicyclic amines) is 1. The number of aliphatic hydroxyl groups is 1. The molecule has 36 heavy (non-hydrogen) atoms. The molecule has 1 aliphatic carbocycles.